The molecule has 0 saturated heterocycles. The van der Waals surface area contributed by atoms with Crippen molar-refractivity contribution in [1.82, 2.24) is 9.88 Å². The van der Waals surface area contributed by atoms with E-state index in [2.05, 4.69) is 48.1 Å². The molecule has 1 heterocycles. The number of aryl methyl sites for hydroxylation is 1. The van der Waals surface area contributed by atoms with Gasteiger partial charge in [0.15, 0.2) is 0 Å². The van der Waals surface area contributed by atoms with Crippen molar-refractivity contribution < 1.29 is 4.74 Å². The van der Waals surface area contributed by atoms with Gasteiger partial charge < -0.3 is 15.0 Å². The zero-order chi connectivity index (χ0) is 18.2. The number of hydrogen-bond donors (Lipinski definition) is 1. The summed E-state index contributed by atoms with van der Waals surface area (Å²) in [5.41, 5.74) is 3.20. The van der Waals surface area contributed by atoms with Crippen molar-refractivity contribution in [3.05, 3.63) is 30.0 Å². The standard InChI is InChI=1S/C21H33N3O/c1-6-24(7-2)13-9-10-16(4)22-21-14-17(5)23-20-12-11-18(25-8-3)15-19(20)21/h11-12,14-16H,6-10,13H2,1-5H3,(H,22,23). The summed E-state index contributed by atoms with van der Waals surface area (Å²) in [4.78, 5) is 7.13. The molecule has 0 bridgehead atoms. The van der Waals surface area contributed by atoms with Crippen molar-refractivity contribution in [2.24, 2.45) is 0 Å². The largest absolute Gasteiger partial charge is 0.494 e. The van der Waals surface area contributed by atoms with Gasteiger partial charge >= 0.3 is 0 Å². The summed E-state index contributed by atoms with van der Waals surface area (Å²) in [5, 5.41) is 4.82. The fraction of sp³-hybridized carbons (Fsp3) is 0.571. The Kier molecular flexibility index (Phi) is 7.51. The predicted octanol–water partition coefficient (Wildman–Crippen LogP) is 4.86. The average Bonchev–Trinajstić information content (AvgIpc) is 2.59. The number of nitrogens with one attached hydrogen (secondary N) is 1. The Morgan fingerprint density at radius 3 is 2.60 bits per heavy atom. The van der Waals surface area contributed by atoms with Crippen LogP contribution in [0.25, 0.3) is 10.9 Å². The number of fused-ring (bicyclic) bond motifs is 1. The van der Waals surface area contributed by atoms with Crippen LogP contribution in [0.1, 0.15) is 46.2 Å². The number of nitrogens with zero attached hydrogens (tertiary/aromatic N) is 2. The van der Waals surface area contributed by atoms with E-state index in [1.165, 1.54) is 13.0 Å². The molecule has 0 aliphatic carbocycles. The Balaban J connectivity index is 2.09. The first-order valence-corrected chi connectivity index (χ1v) is 9.60. The van der Waals surface area contributed by atoms with E-state index in [1.807, 2.05) is 26.0 Å². The number of rotatable bonds is 10. The fourth-order valence-corrected chi connectivity index (χ4v) is 3.21. The molecule has 138 valence electrons. The normalized spacial score (nSPS) is 12.6. The molecule has 0 spiro atoms. The molecule has 2 aromatic rings. The Morgan fingerprint density at radius 2 is 1.92 bits per heavy atom. The number of benzene rings is 1. The number of ether oxygens (including phenoxy) is 1. The van der Waals surface area contributed by atoms with Crippen molar-refractivity contribution in [3.63, 3.8) is 0 Å². The molecule has 0 aliphatic rings. The Bertz CT molecular complexity index is 667. The molecule has 1 aromatic carbocycles. The van der Waals surface area contributed by atoms with Crippen LogP contribution in [-0.2, 0) is 0 Å². The third-order valence-electron chi connectivity index (χ3n) is 4.63. The molecule has 0 radical (unpaired) electrons. The summed E-state index contributed by atoms with van der Waals surface area (Å²) < 4.78 is 5.66. The summed E-state index contributed by atoms with van der Waals surface area (Å²) in [6.07, 6.45) is 2.37. The molecule has 0 fully saturated rings. The topological polar surface area (TPSA) is 37.4 Å². The third-order valence-corrected chi connectivity index (χ3v) is 4.63. The predicted molar refractivity (Wildman–Crippen MR) is 108 cm³/mol. The van der Waals surface area contributed by atoms with Crippen LogP contribution in [-0.4, -0.2) is 42.2 Å². The second-order valence-electron chi connectivity index (χ2n) is 6.64. The monoisotopic (exact) mass is 343 g/mol. The lowest BCUT2D eigenvalue weighted by Crippen LogP contribution is -2.25. The smallest absolute Gasteiger partial charge is 0.120 e. The molecule has 0 aliphatic heterocycles. The van der Waals surface area contributed by atoms with E-state index in [1.54, 1.807) is 0 Å². The third kappa shape index (κ3) is 5.60. The Hall–Kier alpha value is -1.81. The van der Waals surface area contributed by atoms with E-state index in [9.17, 15) is 0 Å². The van der Waals surface area contributed by atoms with Crippen LogP contribution in [0.4, 0.5) is 5.69 Å². The van der Waals surface area contributed by atoms with Gasteiger partial charge in [0, 0.05) is 22.8 Å². The minimum Gasteiger partial charge on any atom is -0.494 e. The molecular weight excluding hydrogens is 310 g/mol. The second kappa shape index (κ2) is 9.62. The molecule has 4 heteroatoms. The van der Waals surface area contributed by atoms with E-state index < -0.39 is 0 Å². The van der Waals surface area contributed by atoms with Crippen LogP contribution in [0.15, 0.2) is 24.3 Å². The van der Waals surface area contributed by atoms with E-state index in [4.69, 9.17) is 4.74 Å². The maximum absolute atomic E-state index is 5.66. The fourth-order valence-electron chi connectivity index (χ4n) is 3.21. The highest BCUT2D eigenvalue weighted by molar-refractivity contribution is 5.92. The van der Waals surface area contributed by atoms with Crippen LogP contribution < -0.4 is 10.1 Å². The highest BCUT2D eigenvalue weighted by atomic mass is 16.5. The van der Waals surface area contributed by atoms with Crippen molar-refractivity contribution >= 4 is 16.6 Å². The summed E-state index contributed by atoms with van der Waals surface area (Å²) in [6.45, 7) is 14.9. The van der Waals surface area contributed by atoms with Gasteiger partial charge in [-0.3, -0.25) is 4.98 Å². The van der Waals surface area contributed by atoms with Gasteiger partial charge in [-0.25, -0.2) is 0 Å². The molecule has 4 nitrogen and oxygen atoms in total. The van der Waals surface area contributed by atoms with Gasteiger partial charge in [0.1, 0.15) is 5.75 Å². The van der Waals surface area contributed by atoms with E-state index >= 15 is 0 Å². The summed E-state index contributed by atoms with van der Waals surface area (Å²) >= 11 is 0. The molecule has 2 rings (SSSR count). The highest BCUT2D eigenvalue weighted by Gasteiger charge is 2.09. The van der Waals surface area contributed by atoms with Crippen LogP contribution in [0.5, 0.6) is 5.75 Å². The van der Waals surface area contributed by atoms with Crippen LogP contribution >= 0.6 is 0 Å². The Morgan fingerprint density at radius 1 is 1.16 bits per heavy atom. The number of aromatic nitrogens is 1. The van der Waals surface area contributed by atoms with Crippen molar-refractivity contribution in [1.29, 1.82) is 0 Å². The van der Waals surface area contributed by atoms with E-state index in [0.717, 1.165) is 47.5 Å². The quantitative estimate of drug-likeness (QED) is 0.668. The zero-order valence-electron chi connectivity index (χ0n) is 16.4. The van der Waals surface area contributed by atoms with E-state index in [-0.39, 0.29) is 0 Å². The van der Waals surface area contributed by atoms with Gasteiger partial charge in [0.25, 0.3) is 0 Å². The second-order valence-corrected chi connectivity index (χ2v) is 6.64. The molecule has 1 aromatic heterocycles. The summed E-state index contributed by atoms with van der Waals surface area (Å²) in [6, 6.07) is 8.70. The number of anilines is 1. The van der Waals surface area contributed by atoms with Crippen molar-refractivity contribution in [2.45, 2.75) is 53.5 Å². The van der Waals surface area contributed by atoms with Crippen LogP contribution in [0.3, 0.4) is 0 Å². The van der Waals surface area contributed by atoms with Crippen molar-refractivity contribution in [2.75, 3.05) is 31.6 Å². The van der Waals surface area contributed by atoms with Gasteiger partial charge in [-0.1, -0.05) is 13.8 Å². The highest BCUT2D eigenvalue weighted by Crippen LogP contribution is 2.28. The van der Waals surface area contributed by atoms with Gasteiger partial charge in [0.2, 0.25) is 0 Å². The van der Waals surface area contributed by atoms with Gasteiger partial charge in [-0.05, 0) is 77.5 Å². The average molecular weight is 344 g/mol. The van der Waals surface area contributed by atoms with Crippen molar-refractivity contribution in [3.8, 4) is 5.75 Å². The molecule has 1 unspecified atom stereocenters. The minimum atomic E-state index is 0.427. The van der Waals surface area contributed by atoms with Gasteiger partial charge in [-0.2, -0.15) is 0 Å². The molecule has 1 atom stereocenters. The van der Waals surface area contributed by atoms with Gasteiger partial charge in [0.05, 0.1) is 12.1 Å². The maximum Gasteiger partial charge on any atom is 0.120 e. The lowest BCUT2D eigenvalue weighted by molar-refractivity contribution is 0.295. The van der Waals surface area contributed by atoms with Crippen LogP contribution in [0.2, 0.25) is 0 Å². The Labute approximate surface area is 152 Å². The summed E-state index contributed by atoms with van der Waals surface area (Å²) in [7, 11) is 0. The number of pyridine rings is 1. The summed E-state index contributed by atoms with van der Waals surface area (Å²) in [5.74, 6) is 0.901. The first kappa shape index (κ1) is 19.5. The maximum atomic E-state index is 5.66. The van der Waals surface area contributed by atoms with Crippen LogP contribution in [0, 0.1) is 6.92 Å². The molecule has 0 amide bonds. The first-order chi connectivity index (χ1) is 12.1. The molecule has 0 saturated carbocycles. The lowest BCUT2D eigenvalue weighted by Gasteiger charge is -2.21. The zero-order valence-corrected chi connectivity index (χ0v) is 16.4. The van der Waals surface area contributed by atoms with E-state index in [0.29, 0.717) is 12.6 Å². The molecule has 25 heavy (non-hydrogen) atoms. The molecule has 1 N–H and O–H groups in total. The first-order valence-electron chi connectivity index (χ1n) is 9.60. The number of hydrogen-bond acceptors (Lipinski definition) is 4. The SMILES string of the molecule is CCOc1ccc2nc(C)cc(NC(C)CCCN(CC)CC)c2c1. The minimum absolute atomic E-state index is 0.427. The molecular formula is C21H33N3O. The lowest BCUT2D eigenvalue weighted by atomic mass is 10.1. The van der Waals surface area contributed by atoms with Gasteiger partial charge in [-0.15, -0.1) is 0 Å².